The van der Waals surface area contributed by atoms with E-state index in [-0.39, 0.29) is 22.8 Å². The second-order valence-electron chi connectivity index (χ2n) is 4.70. The number of nitrogens with one attached hydrogen (secondary N) is 1. The van der Waals surface area contributed by atoms with Crippen LogP contribution in [0, 0.1) is 11.3 Å². The van der Waals surface area contributed by atoms with Gasteiger partial charge in [0.05, 0.1) is 5.60 Å². The van der Waals surface area contributed by atoms with Crippen molar-refractivity contribution in [2.45, 2.75) is 32.8 Å². The minimum Gasteiger partial charge on any atom is -0.375 e. The van der Waals surface area contributed by atoms with E-state index in [9.17, 15) is 4.79 Å². The van der Waals surface area contributed by atoms with Gasteiger partial charge in [-0.3, -0.25) is 4.79 Å². The molecule has 1 amide bonds. The van der Waals surface area contributed by atoms with E-state index in [2.05, 4.69) is 19.2 Å². The summed E-state index contributed by atoms with van der Waals surface area (Å²) in [7, 11) is 0. The third kappa shape index (κ3) is 0.966. The zero-order valence-corrected chi connectivity index (χ0v) is 8.52. The molecule has 0 saturated carbocycles. The lowest BCUT2D eigenvalue weighted by Gasteiger charge is -2.38. The quantitative estimate of drug-likeness (QED) is 0.607. The normalized spacial score (nSPS) is 42.7. The predicted octanol–water partition coefficient (Wildman–Crippen LogP) is 0.938. The molecule has 0 radical (unpaired) electrons. The fourth-order valence-corrected chi connectivity index (χ4v) is 2.77. The van der Waals surface area contributed by atoms with Crippen LogP contribution in [0.4, 0.5) is 0 Å². The van der Waals surface area contributed by atoms with Crippen molar-refractivity contribution < 1.29 is 9.53 Å². The summed E-state index contributed by atoms with van der Waals surface area (Å²) in [5, 5.41) is 2.94. The van der Waals surface area contributed by atoms with Gasteiger partial charge in [0.2, 0.25) is 5.91 Å². The van der Waals surface area contributed by atoms with E-state index in [1.54, 1.807) is 0 Å². The Hall–Kier alpha value is -0.570. The van der Waals surface area contributed by atoms with Gasteiger partial charge in [-0.1, -0.05) is 6.92 Å². The molecular weight excluding hydrogens is 166 g/mol. The van der Waals surface area contributed by atoms with Gasteiger partial charge in [0, 0.05) is 24.5 Å². The summed E-state index contributed by atoms with van der Waals surface area (Å²) in [5.41, 5.74) is -0.129. The van der Waals surface area contributed by atoms with Gasteiger partial charge in [0.15, 0.2) is 0 Å². The molecule has 0 aromatic carbocycles. The molecule has 0 aromatic rings. The van der Waals surface area contributed by atoms with Gasteiger partial charge < -0.3 is 10.1 Å². The summed E-state index contributed by atoms with van der Waals surface area (Å²) < 4.78 is 5.70. The van der Waals surface area contributed by atoms with E-state index in [0.717, 1.165) is 19.6 Å². The van der Waals surface area contributed by atoms with Crippen LogP contribution in [0.2, 0.25) is 0 Å². The number of hydrogen-bond donors (Lipinski definition) is 1. The molecular formula is C10H17NO2. The number of amides is 1. The van der Waals surface area contributed by atoms with Crippen molar-refractivity contribution >= 4 is 5.91 Å². The molecule has 1 spiro atoms. The third-order valence-corrected chi connectivity index (χ3v) is 4.01. The van der Waals surface area contributed by atoms with Crippen molar-refractivity contribution in [1.82, 2.24) is 5.32 Å². The van der Waals surface area contributed by atoms with Crippen LogP contribution in [0.5, 0.6) is 0 Å². The Bertz CT molecular complexity index is 249. The van der Waals surface area contributed by atoms with Crippen LogP contribution in [0.25, 0.3) is 0 Å². The lowest BCUT2D eigenvalue weighted by atomic mass is 9.67. The molecule has 3 heteroatoms. The first kappa shape index (κ1) is 9.00. The van der Waals surface area contributed by atoms with E-state index in [0.29, 0.717) is 0 Å². The lowest BCUT2D eigenvalue weighted by molar-refractivity contribution is -0.125. The molecule has 3 nitrogen and oxygen atoms in total. The highest BCUT2D eigenvalue weighted by molar-refractivity contribution is 5.82. The van der Waals surface area contributed by atoms with Crippen molar-refractivity contribution in [3.05, 3.63) is 0 Å². The van der Waals surface area contributed by atoms with E-state index >= 15 is 0 Å². The summed E-state index contributed by atoms with van der Waals surface area (Å²) >= 11 is 0. The van der Waals surface area contributed by atoms with Crippen molar-refractivity contribution in [1.29, 1.82) is 0 Å². The molecule has 2 heterocycles. The van der Waals surface area contributed by atoms with Crippen LogP contribution in [0.1, 0.15) is 27.2 Å². The number of ether oxygens (including phenoxy) is 1. The lowest BCUT2D eigenvalue weighted by Crippen LogP contribution is -2.45. The zero-order chi connectivity index (χ0) is 9.69. The molecule has 0 aliphatic carbocycles. The zero-order valence-electron chi connectivity index (χ0n) is 8.52. The van der Waals surface area contributed by atoms with Gasteiger partial charge in [-0.05, 0) is 20.3 Å². The number of rotatable bonds is 0. The summed E-state index contributed by atoms with van der Waals surface area (Å²) in [6, 6.07) is 0. The monoisotopic (exact) mass is 183 g/mol. The fraction of sp³-hybridized carbons (Fsp3) is 0.900. The maximum atomic E-state index is 11.5. The summed E-state index contributed by atoms with van der Waals surface area (Å²) in [6.07, 6.45) is 1.000. The second-order valence-corrected chi connectivity index (χ2v) is 4.70. The molecule has 2 unspecified atom stereocenters. The fourth-order valence-electron chi connectivity index (χ4n) is 2.77. The van der Waals surface area contributed by atoms with Gasteiger partial charge in [-0.2, -0.15) is 0 Å². The topological polar surface area (TPSA) is 38.3 Å². The molecule has 2 fully saturated rings. The molecule has 74 valence electrons. The molecule has 2 aliphatic rings. The van der Waals surface area contributed by atoms with E-state index in [4.69, 9.17) is 4.74 Å². The van der Waals surface area contributed by atoms with Gasteiger partial charge in [-0.25, -0.2) is 0 Å². The number of carbonyl (C=O) groups excluding carboxylic acids is 1. The molecule has 2 aliphatic heterocycles. The Morgan fingerprint density at radius 2 is 2.23 bits per heavy atom. The van der Waals surface area contributed by atoms with Crippen molar-refractivity contribution in [2.75, 3.05) is 13.2 Å². The Kier molecular flexibility index (Phi) is 1.71. The maximum Gasteiger partial charge on any atom is 0.223 e. The first-order chi connectivity index (χ1) is 6.00. The third-order valence-electron chi connectivity index (χ3n) is 4.01. The largest absolute Gasteiger partial charge is 0.375 e. The minimum atomic E-state index is -0.161. The highest BCUT2D eigenvalue weighted by atomic mass is 16.5. The number of carbonyl (C=O) groups is 1. The Balaban J connectivity index is 2.35. The van der Waals surface area contributed by atoms with Crippen LogP contribution in [0.3, 0.4) is 0 Å². The molecule has 13 heavy (non-hydrogen) atoms. The molecule has 2 atom stereocenters. The van der Waals surface area contributed by atoms with Crippen LogP contribution < -0.4 is 5.32 Å². The molecule has 0 bridgehead atoms. The second kappa shape index (κ2) is 2.47. The molecule has 1 N–H and O–H groups in total. The van der Waals surface area contributed by atoms with Crippen LogP contribution in [-0.4, -0.2) is 24.7 Å². The Labute approximate surface area is 78.8 Å². The molecule has 2 saturated heterocycles. The molecule has 2 rings (SSSR count). The van der Waals surface area contributed by atoms with Crippen molar-refractivity contribution in [2.24, 2.45) is 11.3 Å². The Morgan fingerprint density at radius 3 is 2.62 bits per heavy atom. The van der Waals surface area contributed by atoms with Gasteiger partial charge >= 0.3 is 0 Å². The minimum absolute atomic E-state index is 0.0318. The van der Waals surface area contributed by atoms with Gasteiger partial charge in [-0.15, -0.1) is 0 Å². The van der Waals surface area contributed by atoms with E-state index in [1.807, 2.05) is 6.92 Å². The highest BCUT2D eigenvalue weighted by Gasteiger charge is 2.58. The standard InChI is InChI=1S/C10H17NO2/c1-7-8(12)11-6-10(7)4-5-13-9(10,2)3/h7H,4-6H2,1-3H3,(H,11,12). The van der Waals surface area contributed by atoms with Gasteiger partial charge in [0.25, 0.3) is 0 Å². The van der Waals surface area contributed by atoms with Crippen LogP contribution in [0.15, 0.2) is 0 Å². The summed E-state index contributed by atoms with van der Waals surface area (Å²) in [5.74, 6) is 0.267. The average Bonchev–Trinajstić information content (AvgIpc) is 2.49. The number of hydrogen-bond acceptors (Lipinski definition) is 2. The average molecular weight is 183 g/mol. The van der Waals surface area contributed by atoms with Crippen LogP contribution in [-0.2, 0) is 9.53 Å². The summed E-state index contributed by atoms with van der Waals surface area (Å²) in [6.45, 7) is 7.76. The maximum absolute atomic E-state index is 11.5. The first-order valence-corrected chi connectivity index (χ1v) is 4.91. The van der Waals surface area contributed by atoms with Crippen molar-refractivity contribution in [3.8, 4) is 0 Å². The van der Waals surface area contributed by atoms with Crippen LogP contribution >= 0.6 is 0 Å². The smallest absolute Gasteiger partial charge is 0.223 e. The first-order valence-electron chi connectivity index (χ1n) is 4.91. The summed E-state index contributed by atoms with van der Waals surface area (Å²) in [4.78, 5) is 11.5. The van der Waals surface area contributed by atoms with E-state index < -0.39 is 0 Å². The van der Waals surface area contributed by atoms with E-state index in [1.165, 1.54) is 0 Å². The predicted molar refractivity (Wildman–Crippen MR) is 49.3 cm³/mol. The Morgan fingerprint density at radius 1 is 1.54 bits per heavy atom. The van der Waals surface area contributed by atoms with Gasteiger partial charge in [0.1, 0.15) is 0 Å². The SMILES string of the molecule is CC1C(=O)NCC12CCOC2(C)C. The molecule has 0 aromatic heterocycles. The highest BCUT2D eigenvalue weighted by Crippen LogP contribution is 2.50. The van der Waals surface area contributed by atoms with Crippen molar-refractivity contribution in [3.63, 3.8) is 0 Å².